The first-order chi connectivity index (χ1) is 27.3. The third kappa shape index (κ3) is 34.0. The predicted octanol–water partition coefficient (Wildman–Crippen LogP) is 13.6. The largest absolute Gasteiger partial charge is 0.481 e. The molecule has 8 heteroatoms. The lowest BCUT2D eigenvalue weighted by Crippen LogP contribution is -2.33. The van der Waals surface area contributed by atoms with Crippen LogP contribution in [0.2, 0.25) is 0 Å². The van der Waals surface area contributed by atoms with Gasteiger partial charge in [0.25, 0.3) is 0 Å². The Balaban J connectivity index is 4.57. The summed E-state index contributed by atoms with van der Waals surface area (Å²) < 4.78 is 11.5. The summed E-state index contributed by atoms with van der Waals surface area (Å²) in [6, 6.07) is 0. The fraction of sp³-hybridized carbons (Fsp3) is 0.917. The van der Waals surface area contributed by atoms with E-state index in [2.05, 4.69) is 27.7 Å². The summed E-state index contributed by atoms with van der Waals surface area (Å²) in [7, 11) is 0. The zero-order chi connectivity index (χ0) is 41.3. The summed E-state index contributed by atoms with van der Waals surface area (Å²) in [5, 5.41) is 9.13. The van der Waals surface area contributed by atoms with Gasteiger partial charge in [-0.2, -0.15) is 0 Å². The first-order valence-corrected chi connectivity index (χ1v) is 24.1. The topological polar surface area (TPSA) is 110 Å². The molecule has 0 aromatic carbocycles. The van der Waals surface area contributed by atoms with Crippen molar-refractivity contribution in [2.24, 2.45) is 11.8 Å². The number of esters is 2. The summed E-state index contributed by atoms with van der Waals surface area (Å²) >= 11 is 0. The van der Waals surface area contributed by atoms with Gasteiger partial charge in [-0.1, -0.05) is 169 Å². The molecule has 0 rings (SSSR count). The second-order valence-corrected chi connectivity index (χ2v) is 16.6. The van der Waals surface area contributed by atoms with E-state index in [1.165, 1.54) is 103 Å². The molecule has 0 saturated carbocycles. The Morgan fingerprint density at radius 2 is 0.714 bits per heavy atom. The average Bonchev–Trinajstić information content (AvgIpc) is 3.19. The van der Waals surface area contributed by atoms with Crippen molar-refractivity contribution in [3.63, 3.8) is 0 Å². The van der Waals surface area contributed by atoms with Crippen LogP contribution in [-0.2, 0) is 28.7 Å². The minimum Gasteiger partial charge on any atom is -0.481 e. The molecule has 1 amide bonds. The molecule has 0 saturated heterocycles. The van der Waals surface area contributed by atoms with Gasteiger partial charge in [0.05, 0.1) is 31.5 Å². The molecule has 56 heavy (non-hydrogen) atoms. The Morgan fingerprint density at radius 1 is 0.411 bits per heavy atom. The van der Waals surface area contributed by atoms with Gasteiger partial charge in [-0.15, -0.1) is 0 Å². The number of ether oxygens (including phenoxy) is 2. The van der Waals surface area contributed by atoms with Crippen molar-refractivity contribution in [2.45, 2.75) is 246 Å². The van der Waals surface area contributed by atoms with Crippen molar-refractivity contribution in [3.8, 4) is 0 Å². The second kappa shape index (κ2) is 41.1. The highest BCUT2D eigenvalue weighted by Crippen LogP contribution is 2.22. The maximum Gasteiger partial charge on any atom is 0.308 e. The van der Waals surface area contributed by atoms with E-state index >= 15 is 0 Å². The molecule has 1 N–H and O–H groups in total. The average molecular weight is 794 g/mol. The number of carbonyl (C=O) groups excluding carboxylic acids is 3. The number of amides is 1. The number of carboxylic acid groups (broad SMARTS) is 1. The molecular formula is C48H91NO7. The number of unbranched alkanes of at least 4 members (excludes halogenated alkanes) is 22. The number of carbonyl (C=O) groups is 4. The lowest BCUT2D eigenvalue weighted by molar-refractivity contribution is -0.150. The zero-order valence-electron chi connectivity index (χ0n) is 37.4. The van der Waals surface area contributed by atoms with Gasteiger partial charge in [-0.3, -0.25) is 19.2 Å². The van der Waals surface area contributed by atoms with Crippen LogP contribution in [0.1, 0.15) is 246 Å². The van der Waals surface area contributed by atoms with Crippen LogP contribution in [0.5, 0.6) is 0 Å². The molecule has 2 unspecified atom stereocenters. The van der Waals surface area contributed by atoms with E-state index in [4.69, 9.17) is 14.6 Å². The van der Waals surface area contributed by atoms with Crippen LogP contribution in [-0.4, -0.2) is 60.1 Å². The van der Waals surface area contributed by atoms with Gasteiger partial charge in [0.1, 0.15) is 0 Å². The highest BCUT2D eigenvalue weighted by molar-refractivity contribution is 5.80. The lowest BCUT2D eigenvalue weighted by Gasteiger charge is -2.23. The van der Waals surface area contributed by atoms with Crippen LogP contribution in [0.4, 0.5) is 0 Å². The van der Waals surface area contributed by atoms with E-state index in [0.717, 1.165) is 103 Å². The van der Waals surface area contributed by atoms with E-state index in [1.807, 2.05) is 4.90 Å². The molecule has 0 radical (unpaired) electrons. The van der Waals surface area contributed by atoms with Crippen LogP contribution in [0, 0.1) is 11.8 Å². The monoisotopic (exact) mass is 794 g/mol. The summed E-state index contributed by atoms with van der Waals surface area (Å²) in [5.41, 5.74) is 0. The molecule has 0 fully saturated rings. The maximum absolute atomic E-state index is 13.0. The summed E-state index contributed by atoms with van der Waals surface area (Å²) in [5.74, 6) is -1.04. The van der Waals surface area contributed by atoms with Gasteiger partial charge in [-0.05, 0) is 64.2 Å². The van der Waals surface area contributed by atoms with E-state index < -0.39 is 5.97 Å². The summed E-state index contributed by atoms with van der Waals surface area (Å²) in [6.07, 6.45) is 34.9. The number of hydrogen-bond donors (Lipinski definition) is 1. The van der Waals surface area contributed by atoms with Gasteiger partial charge in [0, 0.05) is 19.5 Å². The predicted molar refractivity (Wildman–Crippen MR) is 233 cm³/mol. The van der Waals surface area contributed by atoms with E-state index in [1.54, 1.807) is 0 Å². The fourth-order valence-corrected chi connectivity index (χ4v) is 7.57. The van der Waals surface area contributed by atoms with Crippen LogP contribution in [0.15, 0.2) is 0 Å². The number of carboxylic acids is 1. The highest BCUT2D eigenvalue weighted by atomic mass is 16.5. The van der Waals surface area contributed by atoms with Gasteiger partial charge in [-0.25, -0.2) is 0 Å². The molecule has 0 bridgehead atoms. The lowest BCUT2D eigenvalue weighted by atomic mass is 9.94. The van der Waals surface area contributed by atoms with Crippen LogP contribution in [0.25, 0.3) is 0 Å². The normalized spacial score (nSPS) is 12.4. The number of rotatable bonds is 43. The van der Waals surface area contributed by atoms with Gasteiger partial charge < -0.3 is 19.5 Å². The molecule has 8 nitrogen and oxygen atoms in total. The third-order valence-corrected chi connectivity index (χ3v) is 11.3. The second-order valence-electron chi connectivity index (χ2n) is 16.6. The molecule has 0 aromatic rings. The molecule has 0 aliphatic rings. The third-order valence-electron chi connectivity index (χ3n) is 11.3. The minimum absolute atomic E-state index is 0.0195. The van der Waals surface area contributed by atoms with Crippen LogP contribution in [0.3, 0.4) is 0 Å². The number of hydrogen-bond acceptors (Lipinski definition) is 6. The van der Waals surface area contributed by atoms with Gasteiger partial charge in [0.15, 0.2) is 0 Å². The first kappa shape index (κ1) is 53.9. The highest BCUT2D eigenvalue weighted by Gasteiger charge is 2.21. The molecule has 0 heterocycles. The van der Waals surface area contributed by atoms with E-state index in [0.29, 0.717) is 26.3 Å². The van der Waals surface area contributed by atoms with Crippen molar-refractivity contribution in [2.75, 3.05) is 26.3 Å². The quantitative estimate of drug-likeness (QED) is 0.0483. The van der Waals surface area contributed by atoms with Crippen molar-refractivity contribution >= 4 is 23.8 Å². The van der Waals surface area contributed by atoms with Crippen molar-refractivity contribution < 1.29 is 33.8 Å². The van der Waals surface area contributed by atoms with E-state index in [9.17, 15) is 19.2 Å². The molecule has 2 atom stereocenters. The Morgan fingerprint density at radius 3 is 1.07 bits per heavy atom. The summed E-state index contributed by atoms with van der Waals surface area (Å²) in [4.78, 5) is 51.8. The smallest absolute Gasteiger partial charge is 0.308 e. The molecule has 0 aromatic heterocycles. The standard InChI is InChI=1S/C48H91NO7/c1-5-9-13-17-19-27-35-43(33-25-15-11-7-3)47(53)55-41-31-23-21-29-39-49(45(50)37-38-46(51)52)40-30-22-24-32-42-56-48(54)44(34-26-16-12-8-4)36-28-20-18-14-10-6-2/h43-44H,5-42H2,1-4H3,(H,51,52). The van der Waals surface area contributed by atoms with Crippen molar-refractivity contribution in [1.29, 1.82) is 0 Å². The Kier molecular flexibility index (Phi) is 39.5. The molecule has 0 spiro atoms. The SMILES string of the molecule is CCCCCCCCC(CCCCCC)C(=O)OCCCCCCN(CCCCCCOC(=O)C(CCCCCC)CCCCCCCC)C(=O)CCC(=O)O. The maximum atomic E-state index is 13.0. The van der Waals surface area contributed by atoms with E-state index in [-0.39, 0.29) is 42.5 Å². The molecule has 330 valence electrons. The Bertz CT molecular complexity index is 867. The molecule has 0 aliphatic carbocycles. The number of nitrogens with zero attached hydrogens (tertiary/aromatic N) is 1. The van der Waals surface area contributed by atoms with Crippen LogP contribution >= 0.6 is 0 Å². The molecular weight excluding hydrogens is 703 g/mol. The van der Waals surface area contributed by atoms with Gasteiger partial charge in [0.2, 0.25) is 5.91 Å². The van der Waals surface area contributed by atoms with Crippen LogP contribution < -0.4 is 0 Å². The Labute approximate surface area is 345 Å². The first-order valence-electron chi connectivity index (χ1n) is 24.1. The van der Waals surface area contributed by atoms with Crippen molar-refractivity contribution in [1.82, 2.24) is 4.90 Å². The minimum atomic E-state index is -0.951. The zero-order valence-corrected chi connectivity index (χ0v) is 37.4. The summed E-state index contributed by atoms with van der Waals surface area (Å²) in [6.45, 7) is 11.0. The number of aliphatic carboxylic acids is 1. The Hall–Kier alpha value is -2.12. The molecule has 0 aliphatic heterocycles. The fourth-order valence-electron chi connectivity index (χ4n) is 7.57. The van der Waals surface area contributed by atoms with Crippen molar-refractivity contribution in [3.05, 3.63) is 0 Å². The van der Waals surface area contributed by atoms with Gasteiger partial charge >= 0.3 is 17.9 Å².